The second kappa shape index (κ2) is 5.12. The quantitative estimate of drug-likeness (QED) is 0.564. The van der Waals surface area contributed by atoms with Gasteiger partial charge in [-0.3, -0.25) is 10.1 Å². The van der Waals surface area contributed by atoms with E-state index in [0.717, 1.165) is 5.56 Å². The Kier molecular flexibility index (Phi) is 3.15. The van der Waals surface area contributed by atoms with Gasteiger partial charge in [0, 0.05) is 12.6 Å². The number of nitrogens with zero attached hydrogens (tertiary/aromatic N) is 2. The zero-order valence-electron chi connectivity index (χ0n) is 10.8. The van der Waals surface area contributed by atoms with E-state index in [9.17, 15) is 15.2 Å². The van der Waals surface area contributed by atoms with Gasteiger partial charge in [-0.1, -0.05) is 12.1 Å². The predicted molar refractivity (Wildman–Crippen MR) is 76.1 cm³/mol. The Morgan fingerprint density at radius 3 is 2.71 bits per heavy atom. The molecule has 0 radical (unpaired) electrons. The van der Waals surface area contributed by atoms with Crippen LogP contribution >= 0.6 is 0 Å². The van der Waals surface area contributed by atoms with Crippen molar-refractivity contribution in [1.29, 1.82) is 0 Å². The first-order valence-electron chi connectivity index (χ1n) is 6.18. The van der Waals surface area contributed by atoms with E-state index in [1.165, 1.54) is 12.1 Å². The highest BCUT2D eigenvalue weighted by molar-refractivity contribution is 5.77. The summed E-state index contributed by atoms with van der Waals surface area (Å²) in [5.74, 6) is 0.202. The summed E-state index contributed by atoms with van der Waals surface area (Å²) in [7, 11) is 0. The molecule has 21 heavy (non-hydrogen) atoms. The van der Waals surface area contributed by atoms with Crippen molar-refractivity contribution >= 4 is 22.8 Å². The van der Waals surface area contributed by atoms with Crippen molar-refractivity contribution in [3.05, 3.63) is 58.1 Å². The van der Waals surface area contributed by atoms with Crippen LogP contribution < -0.4 is 5.32 Å². The van der Waals surface area contributed by atoms with Gasteiger partial charge in [-0.25, -0.2) is 0 Å². The summed E-state index contributed by atoms with van der Waals surface area (Å²) >= 11 is 0. The number of phenolic OH excluding ortho intramolecular Hbond substituents is 1. The fraction of sp³-hybridized carbons (Fsp3) is 0.0714. The molecule has 2 N–H and O–H groups in total. The molecule has 0 fully saturated rings. The fourth-order valence-corrected chi connectivity index (χ4v) is 1.89. The SMILES string of the molecule is O=[N+]([O-])c1ccc2nc(NCc3ccc(O)cc3)oc2c1. The molecule has 0 saturated carbocycles. The maximum absolute atomic E-state index is 10.7. The molecular weight excluding hydrogens is 274 g/mol. The molecule has 0 aliphatic heterocycles. The van der Waals surface area contributed by atoms with Crippen LogP contribution in [0, 0.1) is 10.1 Å². The number of fused-ring (bicyclic) bond motifs is 1. The van der Waals surface area contributed by atoms with E-state index >= 15 is 0 Å². The predicted octanol–water partition coefficient (Wildman–Crippen LogP) is 3.05. The number of nitrogens with one attached hydrogen (secondary N) is 1. The monoisotopic (exact) mass is 285 g/mol. The summed E-state index contributed by atoms with van der Waals surface area (Å²) in [4.78, 5) is 14.4. The van der Waals surface area contributed by atoms with Crippen LogP contribution in [0.2, 0.25) is 0 Å². The van der Waals surface area contributed by atoms with E-state index in [4.69, 9.17) is 4.42 Å². The highest BCUT2D eigenvalue weighted by atomic mass is 16.6. The zero-order valence-corrected chi connectivity index (χ0v) is 10.8. The second-order valence-electron chi connectivity index (χ2n) is 4.45. The Labute approximate surface area is 119 Å². The lowest BCUT2D eigenvalue weighted by molar-refractivity contribution is -0.384. The van der Waals surface area contributed by atoms with Crippen LogP contribution in [0.5, 0.6) is 5.75 Å². The van der Waals surface area contributed by atoms with Crippen LogP contribution in [-0.4, -0.2) is 15.0 Å². The van der Waals surface area contributed by atoms with Gasteiger partial charge in [-0.2, -0.15) is 4.98 Å². The number of anilines is 1. The first kappa shape index (κ1) is 12.9. The molecule has 0 bridgehead atoms. The molecule has 106 valence electrons. The van der Waals surface area contributed by atoms with Crippen LogP contribution in [-0.2, 0) is 6.54 Å². The molecule has 0 spiro atoms. The van der Waals surface area contributed by atoms with Crippen molar-refractivity contribution in [3.63, 3.8) is 0 Å². The van der Waals surface area contributed by atoms with Crippen molar-refractivity contribution in [2.75, 3.05) is 5.32 Å². The summed E-state index contributed by atoms with van der Waals surface area (Å²) in [6, 6.07) is 11.3. The van der Waals surface area contributed by atoms with E-state index in [1.54, 1.807) is 30.3 Å². The Balaban J connectivity index is 1.78. The summed E-state index contributed by atoms with van der Waals surface area (Å²) in [6.45, 7) is 0.467. The standard InChI is InChI=1S/C14H11N3O4/c18-11-4-1-9(2-5-11)8-15-14-16-12-6-3-10(17(19)20)7-13(12)21-14/h1-7,18H,8H2,(H,15,16). The summed E-state index contributed by atoms with van der Waals surface area (Å²) in [5, 5.41) is 22.9. The average molecular weight is 285 g/mol. The van der Waals surface area contributed by atoms with Crippen LogP contribution in [0.4, 0.5) is 11.7 Å². The first-order chi connectivity index (χ1) is 10.1. The topological polar surface area (TPSA) is 101 Å². The molecule has 7 nitrogen and oxygen atoms in total. The Morgan fingerprint density at radius 2 is 2.00 bits per heavy atom. The number of nitro benzene ring substituents is 1. The number of phenols is 1. The fourth-order valence-electron chi connectivity index (χ4n) is 1.89. The van der Waals surface area contributed by atoms with Gasteiger partial charge in [0.15, 0.2) is 5.58 Å². The number of non-ortho nitro benzene ring substituents is 1. The zero-order chi connectivity index (χ0) is 14.8. The number of oxazole rings is 1. The summed E-state index contributed by atoms with van der Waals surface area (Å²) in [5.41, 5.74) is 1.82. The first-order valence-corrected chi connectivity index (χ1v) is 6.18. The van der Waals surface area contributed by atoms with E-state index < -0.39 is 4.92 Å². The number of hydrogen-bond donors (Lipinski definition) is 2. The van der Waals surface area contributed by atoms with Gasteiger partial charge in [-0.05, 0) is 23.8 Å². The third kappa shape index (κ3) is 2.76. The molecule has 1 heterocycles. The summed E-state index contributed by atoms with van der Waals surface area (Å²) < 4.78 is 5.43. The van der Waals surface area contributed by atoms with E-state index in [-0.39, 0.29) is 11.4 Å². The number of aromatic nitrogens is 1. The van der Waals surface area contributed by atoms with Gasteiger partial charge in [0.25, 0.3) is 11.7 Å². The highest BCUT2D eigenvalue weighted by Gasteiger charge is 2.11. The van der Waals surface area contributed by atoms with Crippen LogP contribution in [0.1, 0.15) is 5.56 Å². The Bertz CT molecular complexity index is 796. The highest BCUT2D eigenvalue weighted by Crippen LogP contribution is 2.24. The van der Waals surface area contributed by atoms with Crippen LogP contribution in [0.25, 0.3) is 11.1 Å². The van der Waals surface area contributed by atoms with Crippen LogP contribution in [0.15, 0.2) is 46.9 Å². The maximum Gasteiger partial charge on any atom is 0.295 e. The van der Waals surface area contributed by atoms with Crippen molar-refractivity contribution in [1.82, 2.24) is 4.98 Å². The molecule has 7 heteroatoms. The van der Waals surface area contributed by atoms with Gasteiger partial charge in [0.05, 0.1) is 11.0 Å². The smallest absolute Gasteiger partial charge is 0.295 e. The molecule has 1 aromatic heterocycles. The normalized spacial score (nSPS) is 10.7. The van der Waals surface area contributed by atoms with Gasteiger partial charge in [-0.15, -0.1) is 0 Å². The van der Waals surface area contributed by atoms with Crippen molar-refractivity contribution in [2.24, 2.45) is 0 Å². The van der Waals surface area contributed by atoms with Crippen molar-refractivity contribution in [2.45, 2.75) is 6.54 Å². The van der Waals surface area contributed by atoms with Gasteiger partial charge in [0.2, 0.25) is 0 Å². The minimum atomic E-state index is -0.481. The molecular formula is C14H11N3O4. The van der Waals surface area contributed by atoms with Gasteiger partial charge < -0.3 is 14.8 Å². The average Bonchev–Trinajstić information content (AvgIpc) is 2.88. The minimum Gasteiger partial charge on any atom is -0.508 e. The third-order valence-electron chi connectivity index (χ3n) is 2.96. The molecule has 0 amide bonds. The number of hydrogen-bond acceptors (Lipinski definition) is 6. The molecule has 0 aliphatic carbocycles. The van der Waals surface area contributed by atoms with E-state index in [2.05, 4.69) is 10.3 Å². The molecule has 0 aliphatic rings. The van der Waals surface area contributed by atoms with E-state index in [1.807, 2.05) is 0 Å². The molecule has 3 aromatic rings. The molecule has 0 atom stereocenters. The maximum atomic E-state index is 10.7. The number of rotatable bonds is 4. The number of nitro groups is 1. The summed E-state index contributed by atoms with van der Waals surface area (Å²) in [6.07, 6.45) is 0. The van der Waals surface area contributed by atoms with Crippen molar-refractivity contribution < 1.29 is 14.4 Å². The molecule has 0 unspecified atom stereocenters. The van der Waals surface area contributed by atoms with E-state index in [0.29, 0.717) is 23.7 Å². The second-order valence-corrected chi connectivity index (χ2v) is 4.45. The van der Waals surface area contributed by atoms with Gasteiger partial charge >= 0.3 is 0 Å². The number of benzene rings is 2. The Morgan fingerprint density at radius 1 is 1.24 bits per heavy atom. The van der Waals surface area contributed by atoms with Crippen molar-refractivity contribution in [3.8, 4) is 5.75 Å². The lowest BCUT2D eigenvalue weighted by atomic mass is 10.2. The minimum absolute atomic E-state index is 0.0382. The molecule has 2 aromatic carbocycles. The number of aromatic hydroxyl groups is 1. The van der Waals surface area contributed by atoms with Gasteiger partial charge in [0.1, 0.15) is 11.3 Å². The van der Waals surface area contributed by atoms with Crippen LogP contribution in [0.3, 0.4) is 0 Å². The molecule has 0 saturated heterocycles. The third-order valence-corrected chi connectivity index (χ3v) is 2.96. The Hall–Kier alpha value is -3.09. The largest absolute Gasteiger partial charge is 0.508 e. The lowest BCUT2D eigenvalue weighted by Gasteiger charge is -2.01. The lowest BCUT2D eigenvalue weighted by Crippen LogP contribution is -1.98. The molecule has 3 rings (SSSR count).